The lowest BCUT2D eigenvalue weighted by Crippen LogP contribution is -2.69. The highest BCUT2D eigenvalue weighted by Crippen LogP contribution is 2.55. The molecule has 0 bridgehead atoms. The van der Waals surface area contributed by atoms with E-state index in [2.05, 4.69) is 5.10 Å². The molecule has 0 saturated heterocycles. The molecular weight excluding hydrogens is 425 g/mol. The summed E-state index contributed by atoms with van der Waals surface area (Å²) in [6, 6.07) is 6.58. The summed E-state index contributed by atoms with van der Waals surface area (Å²) < 4.78 is 94.6. The first kappa shape index (κ1) is 24.1. The van der Waals surface area contributed by atoms with Crippen molar-refractivity contribution in [3.63, 3.8) is 0 Å². The molecule has 1 aliphatic heterocycles. The number of alkyl halides is 7. The molecule has 1 aromatic rings. The van der Waals surface area contributed by atoms with Gasteiger partial charge in [0, 0.05) is 17.5 Å². The molecule has 1 aromatic carbocycles. The van der Waals surface area contributed by atoms with Gasteiger partial charge < -0.3 is 10.2 Å². The van der Waals surface area contributed by atoms with Crippen LogP contribution in [-0.2, 0) is 4.79 Å². The van der Waals surface area contributed by atoms with Crippen LogP contribution in [0, 0.1) is 5.41 Å². The van der Waals surface area contributed by atoms with Crippen molar-refractivity contribution in [1.82, 2.24) is 5.01 Å². The first-order valence-electron chi connectivity index (χ1n) is 8.57. The molecule has 168 valence electrons. The molecule has 0 aliphatic carbocycles. The first-order chi connectivity index (χ1) is 13.4. The Labute approximate surface area is 166 Å². The average Bonchev–Trinajstić information content (AvgIpc) is 3.00. The van der Waals surface area contributed by atoms with Gasteiger partial charge >= 0.3 is 18.0 Å². The van der Waals surface area contributed by atoms with Crippen molar-refractivity contribution in [3.05, 3.63) is 35.9 Å². The fourth-order valence-corrected chi connectivity index (χ4v) is 2.76. The van der Waals surface area contributed by atoms with E-state index in [0.29, 0.717) is 0 Å². The Morgan fingerprint density at radius 1 is 1.07 bits per heavy atom. The molecule has 0 spiro atoms. The van der Waals surface area contributed by atoms with Crippen LogP contribution in [0.15, 0.2) is 35.4 Å². The van der Waals surface area contributed by atoms with Gasteiger partial charge in [-0.2, -0.15) is 40.8 Å². The van der Waals surface area contributed by atoms with Gasteiger partial charge in [-0.3, -0.25) is 4.79 Å². The number of carbonyl (C=O) groups excluding carboxylic acids is 1. The van der Waals surface area contributed by atoms with Crippen LogP contribution < -0.4 is 0 Å². The fraction of sp³-hybridized carbons (Fsp3) is 0.556. The molecule has 5 nitrogen and oxygen atoms in total. The lowest BCUT2D eigenvalue weighted by molar-refractivity contribution is -0.401. The third kappa shape index (κ3) is 3.66. The zero-order valence-corrected chi connectivity index (χ0v) is 16.0. The Morgan fingerprint density at radius 2 is 1.57 bits per heavy atom. The number of aliphatic hydroxyl groups is 2. The van der Waals surface area contributed by atoms with Crippen molar-refractivity contribution >= 4 is 11.6 Å². The zero-order valence-electron chi connectivity index (χ0n) is 16.0. The van der Waals surface area contributed by atoms with Crippen LogP contribution in [-0.4, -0.2) is 50.6 Å². The number of hydrogen-bond donors (Lipinski definition) is 2. The maximum atomic E-state index is 14.6. The minimum absolute atomic E-state index is 0.171. The summed E-state index contributed by atoms with van der Waals surface area (Å²) in [6.07, 6.45) is -10.5. The van der Waals surface area contributed by atoms with E-state index in [1.807, 2.05) is 0 Å². The Bertz CT molecular complexity index is 834. The monoisotopic (exact) mass is 444 g/mol. The fourth-order valence-electron chi connectivity index (χ4n) is 2.76. The van der Waals surface area contributed by atoms with Crippen molar-refractivity contribution in [1.29, 1.82) is 0 Å². The maximum absolute atomic E-state index is 14.6. The molecule has 0 fully saturated rings. The molecule has 0 unspecified atom stereocenters. The largest absolute Gasteiger partial charge is 0.460 e. The van der Waals surface area contributed by atoms with Crippen LogP contribution >= 0.6 is 0 Å². The number of hydrogen-bond acceptors (Lipinski definition) is 4. The Kier molecular flexibility index (Phi) is 5.77. The van der Waals surface area contributed by atoms with E-state index >= 15 is 0 Å². The lowest BCUT2D eigenvalue weighted by Gasteiger charge is -2.41. The second-order valence-corrected chi connectivity index (χ2v) is 7.90. The molecule has 1 amide bonds. The topological polar surface area (TPSA) is 73.1 Å². The predicted molar refractivity (Wildman–Crippen MR) is 90.7 cm³/mol. The number of rotatable bonds is 4. The zero-order chi connectivity index (χ0) is 23.3. The van der Waals surface area contributed by atoms with Crippen LogP contribution in [0.2, 0.25) is 0 Å². The van der Waals surface area contributed by atoms with Crippen molar-refractivity contribution in [2.75, 3.05) is 0 Å². The van der Waals surface area contributed by atoms with Crippen LogP contribution in [0.3, 0.4) is 0 Å². The van der Waals surface area contributed by atoms with Gasteiger partial charge in [0.15, 0.2) is 6.10 Å². The molecule has 1 heterocycles. The average molecular weight is 444 g/mol. The summed E-state index contributed by atoms with van der Waals surface area (Å²) in [6.45, 7) is 4.11. The van der Waals surface area contributed by atoms with E-state index in [1.165, 1.54) is 51.1 Å². The van der Waals surface area contributed by atoms with Crippen molar-refractivity contribution in [2.24, 2.45) is 10.5 Å². The highest BCUT2D eigenvalue weighted by molar-refractivity contribution is 5.95. The summed E-state index contributed by atoms with van der Waals surface area (Å²) in [4.78, 5) is 12.6. The molecule has 2 N–H and O–H groups in total. The number of aliphatic hydroxyl groups excluding tert-OH is 1. The molecule has 0 radical (unpaired) electrons. The number of amides is 1. The van der Waals surface area contributed by atoms with Crippen LogP contribution in [0.25, 0.3) is 0 Å². The molecule has 2 atom stereocenters. The van der Waals surface area contributed by atoms with Gasteiger partial charge in [0.25, 0.3) is 5.91 Å². The Hall–Kier alpha value is -2.21. The smallest absolute Gasteiger partial charge is 0.378 e. The van der Waals surface area contributed by atoms with E-state index in [0.717, 1.165) is 0 Å². The van der Waals surface area contributed by atoms with Crippen molar-refractivity contribution in [3.8, 4) is 0 Å². The number of nitrogens with zero attached hydrogens (tertiary/aromatic N) is 2. The summed E-state index contributed by atoms with van der Waals surface area (Å²) in [5.74, 6) is -14.7. The SMILES string of the molecule is CC(C)(C)C1=NN(C(=O)[C@H](O)c2ccccc2)[C@](O)(C(F)(F)C(F)(F)C(F)(F)F)C1. The number of halogens is 7. The van der Waals surface area contributed by atoms with E-state index in [1.54, 1.807) is 0 Å². The standard InChI is InChI=1S/C18H19F7N2O3/c1-14(2,3)11-9-15(30,16(19,20)17(21,22)18(23,24)25)27(26-11)13(29)12(28)10-7-5-4-6-8-10/h4-8,12,28,30H,9H2,1-3H3/t12-,15-/m1/s1. The lowest BCUT2D eigenvalue weighted by atomic mass is 9.83. The highest BCUT2D eigenvalue weighted by atomic mass is 19.4. The molecule has 0 aromatic heterocycles. The predicted octanol–water partition coefficient (Wildman–Crippen LogP) is 3.88. The second-order valence-electron chi connectivity index (χ2n) is 7.90. The minimum Gasteiger partial charge on any atom is -0.378 e. The van der Waals surface area contributed by atoms with Gasteiger partial charge in [0.2, 0.25) is 5.72 Å². The van der Waals surface area contributed by atoms with E-state index in [9.17, 15) is 45.7 Å². The van der Waals surface area contributed by atoms with Crippen LogP contribution in [0.5, 0.6) is 0 Å². The van der Waals surface area contributed by atoms with Gasteiger partial charge in [-0.1, -0.05) is 51.1 Å². The summed E-state index contributed by atoms with van der Waals surface area (Å²) in [5, 5.41) is 23.5. The van der Waals surface area contributed by atoms with Gasteiger partial charge in [0.1, 0.15) is 0 Å². The quantitative estimate of drug-likeness (QED) is 0.693. The summed E-state index contributed by atoms with van der Waals surface area (Å²) in [7, 11) is 0. The van der Waals surface area contributed by atoms with Gasteiger partial charge in [-0.05, 0) is 5.56 Å². The number of benzene rings is 1. The Balaban J connectivity index is 2.61. The van der Waals surface area contributed by atoms with E-state index in [4.69, 9.17) is 0 Å². The summed E-state index contributed by atoms with van der Waals surface area (Å²) >= 11 is 0. The summed E-state index contributed by atoms with van der Waals surface area (Å²) in [5.41, 5.74) is -6.15. The normalized spacial score (nSPS) is 22.1. The van der Waals surface area contributed by atoms with Crippen molar-refractivity contribution < 1.29 is 45.7 Å². The molecule has 1 aliphatic rings. The molecule has 30 heavy (non-hydrogen) atoms. The van der Waals surface area contributed by atoms with Crippen LogP contribution in [0.1, 0.15) is 38.9 Å². The van der Waals surface area contributed by atoms with E-state index < -0.39 is 58.3 Å². The molecular formula is C18H19F7N2O3. The second kappa shape index (κ2) is 7.19. The third-order valence-corrected chi connectivity index (χ3v) is 4.66. The van der Waals surface area contributed by atoms with Crippen LogP contribution in [0.4, 0.5) is 30.7 Å². The Morgan fingerprint density at radius 3 is 2.00 bits per heavy atom. The number of hydrazone groups is 1. The van der Waals surface area contributed by atoms with Crippen molar-refractivity contribution in [2.45, 2.75) is 57.0 Å². The molecule has 2 rings (SSSR count). The minimum atomic E-state index is -6.73. The maximum Gasteiger partial charge on any atom is 0.460 e. The van der Waals surface area contributed by atoms with Gasteiger partial charge in [-0.15, -0.1) is 0 Å². The molecule has 0 saturated carbocycles. The third-order valence-electron chi connectivity index (χ3n) is 4.66. The molecule has 12 heteroatoms. The van der Waals surface area contributed by atoms with E-state index in [-0.39, 0.29) is 5.56 Å². The first-order valence-corrected chi connectivity index (χ1v) is 8.57. The van der Waals surface area contributed by atoms with Gasteiger partial charge in [0.05, 0.1) is 0 Å². The highest BCUT2D eigenvalue weighted by Gasteiger charge is 2.82. The van der Waals surface area contributed by atoms with Gasteiger partial charge in [-0.25, -0.2) is 0 Å². The number of carbonyl (C=O) groups is 1.